The number of hydrogen-bond donors (Lipinski definition) is 0. The van der Waals surface area contributed by atoms with Crippen molar-refractivity contribution >= 4 is 16.9 Å². The fourth-order valence-electron chi connectivity index (χ4n) is 2.40. The summed E-state index contributed by atoms with van der Waals surface area (Å²) >= 11 is 0. The van der Waals surface area contributed by atoms with E-state index in [1.807, 2.05) is 20.8 Å². The van der Waals surface area contributed by atoms with E-state index in [-0.39, 0.29) is 12.0 Å². The van der Waals surface area contributed by atoms with Crippen LogP contribution in [-0.4, -0.2) is 49.6 Å². The molecule has 0 radical (unpaired) electrons. The van der Waals surface area contributed by atoms with Gasteiger partial charge in [-0.25, -0.2) is 9.78 Å². The second kappa shape index (κ2) is 7.17. The molecule has 1 amide bonds. The number of ether oxygens (including phenoxy) is 1. The molecule has 22 heavy (non-hydrogen) atoms. The Bertz CT molecular complexity index is 531. The Morgan fingerprint density at radius 3 is 2.86 bits per heavy atom. The minimum atomic E-state index is -1.18. The molecular weight excluding hydrogens is 302 g/mol. The van der Waals surface area contributed by atoms with E-state index < -0.39 is 16.4 Å². The molecule has 1 aliphatic heterocycles. The molecule has 7 heteroatoms. The Morgan fingerprint density at radius 2 is 2.23 bits per heavy atom. The lowest BCUT2D eigenvalue weighted by Gasteiger charge is -2.33. The number of piperidine rings is 1. The van der Waals surface area contributed by atoms with Gasteiger partial charge < -0.3 is 9.64 Å². The summed E-state index contributed by atoms with van der Waals surface area (Å²) in [5.41, 5.74) is -0.494. The number of likely N-dealkylation sites (tertiary alicyclic amines) is 1. The van der Waals surface area contributed by atoms with Crippen molar-refractivity contribution in [3.8, 4) is 0 Å². The van der Waals surface area contributed by atoms with Gasteiger partial charge in [0.05, 0.1) is 17.0 Å². The molecule has 0 spiro atoms. The molecule has 6 nitrogen and oxygen atoms in total. The first-order valence-electron chi connectivity index (χ1n) is 7.47. The fraction of sp³-hybridized carbons (Fsp3) is 0.667. The Hall–Kier alpha value is -1.50. The summed E-state index contributed by atoms with van der Waals surface area (Å²) in [5.74, 6) is 0.696. The van der Waals surface area contributed by atoms with Gasteiger partial charge in [0.2, 0.25) is 0 Å². The van der Waals surface area contributed by atoms with Gasteiger partial charge in [-0.3, -0.25) is 9.19 Å². The zero-order valence-electron chi connectivity index (χ0n) is 13.3. The van der Waals surface area contributed by atoms with Crippen LogP contribution in [0.15, 0.2) is 23.6 Å². The Kier molecular flexibility index (Phi) is 5.50. The van der Waals surface area contributed by atoms with Gasteiger partial charge in [0.25, 0.3) is 0 Å². The van der Waals surface area contributed by atoms with Gasteiger partial charge in [-0.1, -0.05) is 0 Å². The summed E-state index contributed by atoms with van der Waals surface area (Å²) in [5, 5.41) is 0.497. The van der Waals surface area contributed by atoms with Gasteiger partial charge in [-0.2, -0.15) is 0 Å². The monoisotopic (exact) mass is 325 g/mol. The molecule has 1 saturated heterocycles. The highest BCUT2D eigenvalue weighted by atomic mass is 32.2. The molecule has 1 aromatic heterocycles. The maximum absolute atomic E-state index is 12.3. The van der Waals surface area contributed by atoms with E-state index in [1.54, 1.807) is 17.3 Å². The molecule has 2 heterocycles. The van der Waals surface area contributed by atoms with Crippen LogP contribution in [0.2, 0.25) is 0 Å². The van der Waals surface area contributed by atoms with Crippen LogP contribution >= 0.6 is 0 Å². The van der Waals surface area contributed by atoms with E-state index in [9.17, 15) is 9.00 Å². The van der Waals surface area contributed by atoms with Crippen molar-refractivity contribution in [1.82, 2.24) is 14.9 Å². The standard InChI is InChI=1S/C15H23N3O3S/c1-15(2,3)21-14(19)18-8-4-5-12(10-18)11-22(20)13-9-16-6-7-17-13/h6-7,9,12H,4-5,8,10-11H2,1-3H3/t12-,22-/m1/s1. The highest BCUT2D eigenvalue weighted by molar-refractivity contribution is 7.84. The molecule has 0 aromatic carbocycles. The van der Waals surface area contributed by atoms with Crippen molar-refractivity contribution in [2.45, 2.75) is 44.2 Å². The largest absolute Gasteiger partial charge is 0.444 e. The third-order valence-corrected chi connectivity index (χ3v) is 4.78. The van der Waals surface area contributed by atoms with E-state index in [0.717, 1.165) is 12.8 Å². The summed E-state index contributed by atoms with van der Waals surface area (Å²) < 4.78 is 17.7. The van der Waals surface area contributed by atoms with Gasteiger partial charge in [0.15, 0.2) is 0 Å². The normalized spacial score (nSPS) is 20.5. The van der Waals surface area contributed by atoms with Crippen LogP contribution < -0.4 is 0 Å². The molecule has 1 fully saturated rings. The average molecular weight is 325 g/mol. The summed E-state index contributed by atoms with van der Waals surface area (Å²) in [7, 11) is -1.18. The van der Waals surface area contributed by atoms with E-state index in [1.165, 1.54) is 6.20 Å². The van der Waals surface area contributed by atoms with Gasteiger partial charge in [-0.15, -0.1) is 0 Å². The fourth-order valence-corrected chi connectivity index (χ4v) is 3.62. The van der Waals surface area contributed by atoms with Gasteiger partial charge in [0.1, 0.15) is 10.6 Å². The second-order valence-electron chi connectivity index (χ2n) is 6.49. The number of nitrogens with zero attached hydrogens (tertiary/aromatic N) is 3. The Labute approximate surface area is 133 Å². The zero-order valence-corrected chi connectivity index (χ0v) is 14.1. The third kappa shape index (κ3) is 5.05. The predicted molar refractivity (Wildman–Crippen MR) is 83.8 cm³/mol. The summed E-state index contributed by atoms with van der Waals surface area (Å²) in [6, 6.07) is 0. The number of amides is 1. The zero-order chi connectivity index (χ0) is 16.2. The molecule has 2 atom stereocenters. The first-order chi connectivity index (χ1) is 10.3. The molecule has 0 saturated carbocycles. The van der Waals surface area contributed by atoms with Crippen LogP contribution in [0.1, 0.15) is 33.6 Å². The quantitative estimate of drug-likeness (QED) is 0.852. The van der Waals surface area contributed by atoms with Crippen LogP contribution in [0.4, 0.5) is 4.79 Å². The Balaban J connectivity index is 1.91. The Morgan fingerprint density at radius 1 is 1.45 bits per heavy atom. The van der Waals surface area contributed by atoms with Crippen molar-refractivity contribution < 1.29 is 13.7 Å². The minimum Gasteiger partial charge on any atom is -0.444 e. The lowest BCUT2D eigenvalue weighted by atomic mass is 10.0. The van der Waals surface area contributed by atoms with Gasteiger partial charge in [0, 0.05) is 31.2 Å². The molecule has 0 bridgehead atoms. The number of hydrogen-bond acceptors (Lipinski definition) is 5. The van der Waals surface area contributed by atoms with E-state index in [2.05, 4.69) is 9.97 Å². The second-order valence-corrected chi connectivity index (χ2v) is 7.93. The van der Waals surface area contributed by atoms with Crippen LogP contribution in [-0.2, 0) is 15.5 Å². The first kappa shape index (κ1) is 16.9. The van der Waals surface area contributed by atoms with Crippen LogP contribution in [0.5, 0.6) is 0 Å². The molecule has 0 N–H and O–H groups in total. The minimum absolute atomic E-state index is 0.198. The van der Waals surface area contributed by atoms with Crippen molar-refractivity contribution in [1.29, 1.82) is 0 Å². The maximum atomic E-state index is 12.3. The molecule has 1 aliphatic rings. The molecule has 2 rings (SSSR count). The number of carbonyl (C=O) groups is 1. The van der Waals surface area contributed by atoms with Crippen molar-refractivity contribution in [3.63, 3.8) is 0 Å². The van der Waals surface area contributed by atoms with Crippen LogP contribution in [0.3, 0.4) is 0 Å². The smallest absolute Gasteiger partial charge is 0.410 e. The number of carbonyl (C=O) groups excluding carboxylic acids is 1. The van der Waals surface area contributed by atoms with Crippen LogP contribution in [0, 0.1) is 5.92 Å². The topological polar surface area (TPSA) is 72.4 Å². The lowest BCUT2D eigenvalue weighted by molar-refractivity contribution is 0.0176. The van der Waals surface area contributed by atoms with Gasteiger partial charge in [-0.05, 0) is 39.5 Å². The summed E-state index contributed by atoms with van der Waals surface area (Å²) in [6.45, 7) is 6.85. The van der Waals surface area contributed by atoms with E-state index in [4.69, 9.17) is 4.74 Å². The molecule has 0 aliphatic carbocycles. The molecular formula is C15H23N3O3S. The number of rotatable bonds is 3. The van der Waals surface area contributed by atoms with Crippen molar-refractivity contribution in [3.05, 3.63) is 18.6 Å². The predicted octanol–water partition coefficient (Wildman–Crippen LogP) is 2.23. The molecule has 1 aromatic rings. The highest BCUT2D eigenvalue weighted by Crippen LogP contribution is 2.21. The van der Waals surface area contributed by atoms with E-state index >= 15 is 0 Å². The van der Waals surface area contributed by atoms with Gasteiger partial charge >= 0.3 is 6.09 Å². The molecule has 122 valence electrons. The lowest BCUT2D eigenvalue weighted by Crippen LogP contribution is -2.44. The number of aromatic nitrogens is 2. The highest BCUT2D eigenvalue weighted by Gasteiger charge is 2.28. The van der Waals surface area contributed by atoms with E-state index in [0.29, 0.717) is 23.9 Å². The SMILES string of the molecule is CC(C)(C)OC(=O)N1CCC[C@@H](C[S@@](=O)c2cnccn2)C1. The van der Waals surface area contributed by atoms with Crippen molar-refractivity contribution in [2.24, 2.45) is 5.92 Å². The maximum Gasteiger partial charge on any atom is 0.410 e. The first-order valence-corrected chi connectivity index (χ1v) is 8.79. The third-order valence-electron chi connectivity index (χ3n) is 3.33. The van der Waals surface area contributed by atoms with Crippen LogP contribution in [0.25, 0.3) is 0 Å². The summed E-state index contributed by atoms with van der Waals surface area (Å²) in [4.78, 5) is 21.9. The molecule has 0 unspecified atom stereocenters. The summed E-state index contributed by atoms with van der Waals surface area (Å²) in [6.07, 6.45) is 6.21. The van der Waals surface area contributed by atoms with Crippen molar-refractivity contribution in [2.75, 3.05) is 18.8 Å². The average Bonchev–Trinajstić information content (AvgIpc) is 2.46.